The van der Waals surface area contributed by atoms with Crippen molar-refractivity contribution in [1.82, 2.24) is 9.97 Å². The van der Waals surface area contributed by atoms with Crippen molar-refractivity contribution in [3.05, 3.63) is 40.3 Å². The molecule has 3 rings (SSSR count). The van der Waals surface area contributed by atoms with Crippen LogP contribution in [0.15, 0.2) is 24.3 Å². The Bertz CT molecular complexity index is 641. The molecule has 2 heterocycles. The van der Waals surface area contributed by atoms with E-state index in [0.29, 0.717) is 5.15 Å². The smallest absolute Gasteiger partial charge is 0.224 e. The van der Waals surface area contributed by atoms with Gasteiger partial charge in [0.15, 0.2) is 0 Å². The van der Waals surface area contributed by atoms with E-state index < -0.39 is 5.60 Å². The Morgan fingerprint density at radius 2 is 1.83 bits per heavy atom. The minimum Gasteiger partial charge on any atom is -0.482 e. The number of halogens is 2. The van der Waals surface area contributed by atoms with Crippen LogP contribution in [0.4, 0.5) is 0 Å². The molecule has 0 atom stereocenters. The second-order valence-corrected chi connectivity index (χ2v) is 5.31. The molecule has 0 spiro atoms. The summed E-state index contributed by atoms with van der Waals surface area (Å²) in [4.78, 5) is 8.30. The van der Waals surface area contributed by atoms with Crippen LogP contribution < -0.4 is 4.74 Å². The van der Waals surface area contributed by atoms with Gasteiger partial charge in [-0.1, -0.05) is 23.7 Å². The Balaban J connectivity index is 2.39. The van der Waals surface area contributed by atoms with Gasteiger partial charge in [-0.25, -0.2) is 9.97 Å². The van der Waals surface area contributed by atoms with Gasteiger partial charge in [0, 0.05) is 5.56 Å². The summed E-state index contributed by atoms with van der Waals surface area (Å²) in [6, 6.07) is 7.69. The van der Waals surface area contributed by atoms with Gasteiger partial charge in [0.1, 0.15) is 16.5 Å². The zero-order valence-corrected chi connectivity index (χ0v) is 11.4. The first-order valence-electron chi connectivity index (χ1n) is 5.51. The third-order valence-corrected chi connectivity index (χ3v) is 3.39. The molecule has 0 bridgehead atoms. The molecule has 0 radical (unpaired) electrons. The second kappa shape index (κ2) is 3.84. The molecule has 92 valence electrons. The van der Waals surface area contributed by atoms with Crippen molar-refractivity contribution >= 4 is 23.2 Å². The van der Waals surface area contributed by atoms with E-state index in [4.69, 9.17) is 27.9 Å². The molecular weight excluding hydrogens is 271 g/mol. The number of hydrogen-bond donors (Lipinski definition) is 0. The lowest BCUT2D eigenvalue weighted by Crippen LogP contribution is -2.30. The van der Waals surface area contributed by atoms with Crippen molar-refractivity contribution < 1.29 is 4.74 Å². The van der Waals surface area contributed by atoms with Crippen LogP contribution in [-0.2, 0) is 5.60 Å². The van der Waals surface area contributed by atoms with Gasteiger partial charge in [-0.3, -0.25) is 0 Å². The molecule has 1 aliphatic heterocycles. The van der Waals surface area contributed by atoms with Crippen LogP contribution >= 0.6 is 23.2 Å². The summed E-state index contributed by atoms with van der Waals surface area (Å²) in [6.07, 6.45) is 0. The van der Waals surface area contributed by atoms with Crippen molar-refractivity contribution in [3.8, 4) is 17.0 Å². The maximum Gasteiger partial charge on any atom is 0.224 e. The largest absolute Gasteiger partial charge is 0.482 e. The molecular formula is C13H10Cl2N2O. The van der Waals surface area contributed by atoms with E-state index in [2.05, 4.69) is 9.97 Å². The number of hydrogen-bond acceptors (Lipinski definition) is 3. The summed E-state index contributed by atoms with van der Waals surface area (Å²) < 4.78 is 5.96. The minimum atomic E-state index is -0.578. The third kappa shape index (κ3) is 1.66. The van der Waals surface area contributed by atoms with Crippen molar-refractivity contribution in [3.63, 3.8) is 0 Å². The highest BCUT2D eigenvalue weighted by Crippen LogP contribution is 2.46. The maximum atomic E-state index is 6.18. The molecule has 18 heavy (non-hydrogen) atoms. The average Bonchev–Trinajstić information content (AvgIpc) is 2.26. The molecule has 0 saturated heterocycles. The molecule has 3 nitrogen and oxygen atoms in total. The molecule has 0 N–H and O–H groups in total. The quantitative estimate of drug-likeness (QED) is 0.539. The van der Waals surface area contributed by atoms with Crippen LogP contribution in [0.25, 0.3) is 11.3 Å². The van der Waals surface area contributed by atoms with Gasteiger partial charge < -0.3 is 4.74 Å². The fourth-order valence-electron chi connectivity index (χ4n) is 2.21. The van der Waals surface area contributed by atoms with Crippen LogP contribution in [0.5, 0.6) is 5.75 Å². The Morgan fingerprint density at radius 1 is 1.11 bits per heavy atom. The highest BCUT2D eigenvalue weighted by Gasteiger charge is 2.36. The van der Waals surface area contributed by atoms with Crippen LogP contribution in [0.1, 0.15) is 19.4 Å². The summed E-state index contributed by atoms with van der Waals surface area (Å²) in [7, 11) is 0. The monoisotopic (exact) mass is 280 g/mol. The topological polar surface area (TPSA) is 35.0 Å². The average molecular weight is 281 g/mol. The maximum absolute atomic E-state index is 6.18. The zero-order chi connectivity index (χ0) is 12.9. The Morgan fingerprint density at radius 3 is 2.61 bits per heavy atom. The Hall–Kier alpha value is -1.32. The minimum absolute atomic E-state index is 0.145. The predicted octanol–water partition coefficient (Wildman–Crippen LogP) is 4.08. The van der Waals surface area contributed by atoms with E-state index in [0.717, 1.165) is 22.6 Å². The summed E-state index contributed by atoms with van der Waals surface area (Å²) in [5.74, 6) is 0.779. The molecule has 0 aliphatic carbocycles. The molecule has 1 aromatic carbocycles. The van der Waals surface area contributed by atoms with Gasteiger partial charge in [-0.05, 0) is 37.6 Å². The van der Waals surface area contributed by atoms with E-state index in [1.54, 1.807) is 0 Å². The molecule has 0 unspecified atom stereocenters. The summed E-state index contributed by atoms with van der Waals surface area (Å²) >= 11 is 12.1. The number of nitrogens with zero attached hydrogens (tertiary/aromatic N) is 2. The lowest BCUT2D eigenvalue weighted by Gasteiger charge is -2.34. The predicted molar refractivity (Wildman–Crippen MR) is 71.1 cm³/mol. The van der Waals surface area contributed by atoms with Crippen molar-refractivity contribution in [2.45, 2.75) is 19.4 Å². The van der Waals surface area contributed by atoms with Crippen molar-refractivity contribution in [2.24, 2.45) is 0 Å². The normalized spacial score (nSPS) is 15.6. The van der Waals surface area contributed by atoms with Gasteiger partial charge in [0.2, 0.25) is 5.28 Å². The Kier molecular flexibility index (Phi) is 2.50. The number of ether oxygens (including phenoxy) is 1. The van der Waals surface area contributed by atoms with E-state index in [1.165, 1.54) is 0 Å². The van der Waals surface area contributed by atoms with Gasteiger partial charge in [0.25, 0.3) is 0 Å². The Labute approximate surface area is 115 Å². The van der Waals surface area contributed by atoms with Crippen LogP contribution in [0.3, 0.4) is 0 Å². The summed E-state index contributed by atoms with van der Waals surface area (Å²) in [6.45, 7) is 3.87. The number of fused-ring (bicyclic) bond motifs is 3. The first-order valence-corrected chi connectivity index (χ1v) is 6.26. The van der Waals surface area contributed by atoms with E-state index in [-0.39, 0.29) is 5.28 Å². The standard InChI is InChI=1S/C13H10Cl2N2O/c1-13(2)9-10(16-12(15)17-11(9)14)7-5-3-4-6-8(7)18-13/h3-6H,1-2H3. The highest BCUT2D eigenvalue weighted by molar-refractivity contribution is 6.32. The summed E-state index contributed by atoms with van der Waals surface area (Å²) in [5, 5.41) is 0.482. The SMILES string of the molecule is CC1(C)Oc2ccccc2-c2nc(Cl)nc(Cl)c21. The molecule has 0 amide bonds. The van der Waals surface area contributed by atoms with Crippen molar-refractivity contribution in [2.75, 3.05) is 0 Å². The first kappa shape index (κ1) is 11.8. The van der Waals surface area contributed by atoms with Crippen LogP contribution in [-0.4, -0.2) is 9.97 Å². The fourth-order valence-corrected chi connectivity index (χ4v) is 2.82. The number of rotatable bonds is 0. The highest BCUT2D eigenvalue weighted by atomic mass is 35.5. The van der Waals surface area contributed by atoms with Crippen molar-refractivity contribution in [1.29, 1.82) is 0 Å². The molecule has 5 heteroatoms. The van der Waals surface area contributed by atoms with Gasteiger partial charge in [-0.15, -0.1) is 0 Å². The van der Waals surface area contributed by atoms with Gasteiger partial charge >= 0.3 is 0 Å². The number of aromatic nitrogens is 2. The third-order valence-electron chi connectivity index (χ3n) is 2.95. The fraction of sp³-hybridized carbons (Fsp3) is 0.231. The number of benzene rings is 1. The molecule has 0 fully saturated rings. The van der Waals surface area contributed by atoms with E-state index in [9.17, 15) is 0 Å². The lowest BCUT2D eigenvalue weighted by atomic mass is 9.91. The summed E-state index contributed by atoms with van der Waals surface area (Å²) in [5.41, 5.74) is 1.82. The van der Waals surface area contributed by atoms with Crippen LogP contribution in [0, 0.1) is 0 Å². The molecule has 2 aromatic rings. The molecule has 1 aromatic heterocycles. The van der Waals surface area contributed by atoms with E-state index >= 15 is 0 Å². The number of para-hydroxylation sites is 1. The first-order chi connectivity index (χ1) is 8.49. The molecule has 1 aliphatic rings. The molecule has 0 saturated carbocycles. The second-order valence-electron chi connectivity index (χ2n) is 4.62. The van der Waals surface area contributed by atoms with Gasteiger partial charge in [0.05, 0.1) is 11.3 Å². The lowest BCUT2D eigenvalue weighted by molar-refractivity contribution is 0.105. The van der Waals surface area contributed by atoms with E-state index in [1.807, 2.05) is 38.1 Å². The van der Waals surface area contributed by atoms with Crippen LogP contribution in [0.2, 0.25) is 10.4 Å². The van der Waals surface area contributed by atoms with Gasteiger partial charge in [-0.2, -0.15) is 0 Å². The zero-order valence-electron chi connectivity index (χ0n) is 9.87.